The maximum Gasteiger partial charge on any atom is 0.254 e. The van der Waals surface area contributed by atoms with Crippen LogP contribution in [0, 0.1) is 0 Å². The fraction of sp³-hybridized carbons (Fsp3) is 0.364. The van der Waals surface area contributed by atoms with E-state index in [1.807, 2.05) is 17.0 Å². The lowest BCUT2D eigenvalue weighted by molar-refractivity contribution is 0.0623. The van der Waals surface area contributed by atoms with Gasteiger partial charge in [0.1, 0.15) is 0 Å². The summed E-state index contributed by atoms with van der Waals surface area (Å²) in [5.41, 5.74) is 1.33. The first-order chi connectivity index (χ1) is 16.0. The SMILES string of the molecule is COc1cc(C(=O)N2CCN(Cc3nnnn3-c3ccc(Cl)cc3)CC2)cc(OC)c1OC. The molecule has 0 atom stereocenters. The minimum Gasteiger partial charge on any atom is -0.493 e. The van der Waals surface area contributed by atoms with E-state index in [-0.39, 0.29) is 5.91 Å². The molecule has 1 amide bonds. The molecule has 1 fully saturated rings. The van der Waals surface area contributed by atoms with Crippen LogP contribution < -0.4 is 14.2 Å². The number of tetrazole rings is 1. The van der Waals surface area contributed by atoms with Gasteiger partial charge in [-0.05, 0) is 46.8 Å². The molecule has 174 valence electrons. The molecule has 0 saturated carbocycles. The van der Waals surface area contributed by atoms with Crippen LogP contribution in [0.2, 0.25) is 5.02 Å². The fourth-order valence-corrected chi connectivity index (χ4v) is 3.91. The molecule has 2 heterocycles. The highest BCUT2D eigenvalue weighted by Crippen LogP contribution is 2.38. The molecule has 1 aliphatic rings. The Bertz CT molecular complexity index is 1090. The summed E-state index contributed by atoms with van der Waals surface area (Å²) < 4.78 is 17.8. The predicted molar refractivity (Wildman–Crippen MR) is 121 cm³/mol. The Kier molecular flexibility index (Phi) is 6.95. The zero-order chi connectivity index (χ0) is 23.4. The fourth-order valence-electron chi connectivity index (χ4n) is 3.78. The number of amides is 1. The van der Waals surface area contributed by atoms with Gasteiger partial charge in [-0.3, -0.25) is 9.69 Å². The van der Waals surface area contributed by atoms with Crippen LogP contribution in [-0.4, -0.2) is 83.4 Å². The van der Waals surface area contributed by atoms with E-state index < -0.39 is 0 Å². The summed E-state index contributed by atoms with van der Waals surface area (Å²) in [5.74, 6) is 2.00. The van der Waals surface area contributed by atoms with Crippen molar-refractivity contribution in [3.05, 3.63) is 52.8 Å². The average molecular weight is 473 g/mol. The second-order valence-corrected chi connectivity index (χ2v) is 7.90. The number of piperazine rings is 1. The molecular formula is C22H25ClN6O4. The molecular weight excluding hydrogens is 448 g/mol. The number of carbonyl (C=O) groups excluding carboxylic acids is 1. The van der Waals surface area contributed by atoms with E-state index in [1.165, 1.54) is 21.3 Å². The van der Waals surface area contributed by atoms with Crippen molar-refractivity contribution in [2.75, 3.05) is 47.5 Å². The molecule has 4 rings (SSSR count). The number of carbonyl (C=O) groups is 1. The number of nitrogens with zero attached hydrogens (tertiary/aromatic N) is 6. The zero-order valence-corrected chi connectivity index (χ0v) is 19.4. The Labute approximate surface area is 196 Å². The Hall–Kier alpha value is -3.37. The Balaban J connectivity index is 1.41. The van der Waals surface area contributed by atoms with Crippen molar-refractivity contribution < 1.29 is 19.0 Å². The van der Waals surface area contributed by atoms with Crippen LogP contribution in [0.5, 0.6) is 17.2 Å². The van der Waals surface area contributed by atoms with Gasteiger partial charge in [0, 0.05) is 36.8 Å². The van der Waals surface area contributed by atoms with Gasteiger partial charge < -0.3 is 19.1 Å². The predicted octanol–water partition coefficient (Wildman–Crippen LogP) is 2.30. The molecule has 0 N–H and O–H groups in total. The summed E-state index contributed by atoms with van der Waals surface area (Å²) >= 11 is 5.98. The van der Waals surface area contributed by atoms with Crippen molar-refractivity contribution in [1.82, 2.24) is 30.0 Å². The van der Waals surface area contributed by atoms with Crippen LogP contribution in [0.25, 0.3) is 5.69 Å². The van der Waals surface area contributed by atoms with Crippen molar-refractivity contribution in [3.8, 4) is 22.9 Å². The normalized spacial score (nSPS) is 14.2. The van der Waals surface area contributed by atoms with E-state index in [2.05, 4.69) is 20.4 Å². The van der Waals surface area contributed by atoms with Crippen LogP contribution in [0.1, 0.15) is 16.2 Å². The molecule has 3 aromatic rings. The Morgan fingerprint density at radius 2 is 1.61 bits per heavy atom. The van der Waals surface area contributed by atoms with Gasteiger partial charge in [-0.2, -0.15) is 4.68 Å². The lowest BCUT2D eigenvalue weighted by Crippen LogP contribution is -2.48. The number of benzene rings is 2. The maximum absolute atomic E-state index is 13.1. The second-order valence-electron chi connectivity index (χ2n) is 7.47. The van der Waals surface area contributed by atoms with Crippen molar-refractivity contribution >= 4 is 17.5 Å². The molecule has 0 bridgehead atoms. The van der Waals surface area contributed by atoms with E-state index >= 15 is 0 Å². The lowest BCUT2D eigenvalue weighted by atomic mass is 10.1. The van der Waals surface area contributed by atoms with Gasteiger partial charge in [0.25, 0.3) is 5.91 Å². The van der Waals surface area contributed by atoms with E-state index in [0.717, 1.165) is 11.5 Å². The Morgan fingerprint density at radius 3 is 2.18 bits per heavy atom. The number of ether oxygens (including phenoxy) is 3. The number of halogens is 1. The van der Waals surface area contributed by atoms with Gasteiger partial charge >= 0.3 is 0 Å². The van der Waals surface area contributed by atoms with Crippen LogP contribution in [0.15, 0.2) is 36.4 Å². The summed E-state index contributed by atoms with van der Waals surface area (Å²) in [6.07, 6.45) is 0. The van der Waals surface area contributed by atoms with Crippen molar-refractivity contribution in [2.24, 2.45) is 0 Å². The minimum atomic E-state index is -0.0834. The van der Waals surface area contributed by atoms with E-state index in [4.69, 9.17) is 25.8 Å². The molecule has 11 heteroatoms. The van der Waals surface area contributed by atoms with Gasteiger partial charge in [-0.25, -0.2) is 0 Å². The van der Waals surface area contributed by atoms with E-state index in [9.17, 15) is 4.79 Å². The smallest absolute Gasteiger partial charge is 0.254 e. The summed E-state index contributed by atoms with van der Waals surface area (Å²) in [7, 11) is 4.59. The summed E-state index contributed by atoms with van der Waals surface area (Å²) in [6.45, 7) is 3.13. The molecule has 0 unspecified atom stereocenters. The van der Waals surface area contributed by atoms with Gasteiger partial charge in [-0.15, -0.1) is 5.10 Å². The van der Waals surface area contributed by atoms with E-state index in [1.54, 1.807) is 28.9 Å². The number of methoxy groups -OCH3 is 3. The molecule has 0 radical (unpaired) electrons. The molecule has 2 aromatic carbocycles. The average Bonchev–Trinajstić information content (AvgIpc) is 3.31. The first kappa shape index (κ1) is 22.8. The lowest BCUT2D eigenvalue weighted by Gasteiger charge is -2.34. The summed E-state index contributed by atoms with van der Waals surface area (Å²) in [5, 5.41) is 12.7. The monoisotopic (exact) mass is 472 g/mol. The largest absolute Gasteiger partial charge is 0.493 e. The third kappa shape index (κ3) is 4.86. The molecule has 0 spiro atoms. The first-order valence-corrected chi connectivity index (χ1v) is 10.8. The molecule has 1 aromatic heterocycles. The number of aromatic nitrogens is 4. The topological polar surface area (TPSA) is 94.8 Å². The zero-order valence-electron chi connectivity index (χ0n) is 18.7. The second kappa shape index (κ2) is 10.1. The van der Waals surface area contributed by atoms with Gasteiger partial charge in [0.15, 0.2) is 17.3 Å². The minimum absolute atomic E-state index is 0.0834. The van der Waals surface area contributed by atoms with Crippen molar-refractivity contribution in [3.63, 3.8) is 0 Å². The highest BCUT2D eigenvalue weighted by molar-refractivity contribution is 6.30. The van der Waals surface area contributed by atoms with Crippen molar-refractivity contribution in [2.45, 2.75) is 6.54 Å². The quantitative estimate of drug-likeness (QED) is 0.517. The Morgan fingerprint density at radius 1 is 0.970 bits per heavy atom. The molecule has 1 aliphatic heterocycles. The van der Waals surface area contributed by atoms with Gasteiger partial charge in [-0.1, -0.05) is 11.6 Å². The standard InChI is InChI=1S/C22H25ClN6O4/c1-31-18-12-15(13-19(32-2)21(18)33-3)22(30)28-10-8-27(9-11-28)14-20-24-25-26-29(20)17-6-4-16(23)5-7-17/h4-7,12-13H,8-11,14H2,1-3H3. The maximum atomic E-state index is 13.1. The van der Waals surface area contributed by atoms with Crippen LogP contribution in [-0.2, 0) is 6.54 Å². The van der Waals surface area contributed by atoms with Crippen LogP contribution in [0.4, 0.5) is 0 Å². The molecule has 10 nitrogen and oxygen atoms in total. The number of rotatable bonds is 7. The molecule has 1 saturated heterocycles. The van der Waals surface area contributed by atoms with E-state index in [0.29, 0.717) is 60.6 Å². The van der Waals surface area contributed by atoms with Crippen molar-refractivity contribution in [1.29, 1.82) is 0 Å². The first-order valence-electron chi connectivity index (χ1n) is 10.4. The summed E-state index contributed by atoms with van der Waals surface area (Å²) in [6, 6.07) is 10.7. The van der Waals surface area contributed by atoms with Gasteiger partial charge in [0.05, 0.1) is 33.6 Å². The highest BCUT2D eigenvalue weighted by Gasteiger charge is 2.25. The van der Waals surface area contributed by atoms with Crippen LogP contribution >= 0.6 is 11.6 Å². The molecule has 33 heavy (non-hydrogen) atoms. The number of hydrogen-bond donors (Lipinski definition) is 0. The van der Waals surface area contributed by atoms with Crippen LogP contribution in [0.3, 0.4) is 0 Å². The third-order valence-corrected chi connectivity index (χ3v) is 5.79. The van der Waals surface area contributed by atoms with Gasteiger partial charge in [0.2, 0.25) is 5.75 Å². The highest BCUT2D eigenvalue weighted by atomic mass is 35.5. The summed E-state index contributed by atoms with van der Waals surface area (Å²) in [4.78, 5) is 17.2. The third-order valence-electron chi connectivity index (χ3n) is 5.54. The molecule has 0 aliphatic carbocycles. The number of hydrogen-bond acceptors (Lipinski definition) is 8.